The molecule has 0 fully saturated rings. The van der Waals surface area contributed by atoms with Crippen LogP contribution < -0.4 is 0 Å². The summed E-state index contributed by atoms with van der Waals surface area (Å²) in [6.45, 7) is 6.86. The van der Waals surface area contributed by atoms with E-state index >= 15 is 0 Å². The van der Waals surface area contributed by atoms with Gasteiger partial charge in [-0.2, -0.15) is 0 Å². The maximum absolute atomic E-state index is 10.7. The van der Waals surface area contributed by atoms with E-state index in [9.17, 15) is 20.2 Å². The summed E-state index contributed by atoms with van der Waals surface area (Å²) in [4.78, 5) is 20.8. The molecular weight excluding hydrogens is 260 g/mol. The summed E-state index contributed by atoms with van der Waals surface area (Å²) in [7, 11) is 0. The fourth-order valence-electron chi connectivity index (χ4n) is 2.19. The maximum atomic E-state index is 10.7. The molecule has 6 heteroatoms. The molecule has 0 saturated heterocycles. The van der Waals surface area contributed by atoms with E-state index in [4.69, 9.17) is 0 Å². The van der Waals surface area contributed by atoms with Crippen LogP contribution in [0.5, 0.6) is 0 Å². The van der Waals surface area contributed by atoms with Gasteiger partial charge in [0.1, 0.15) is 0 Å². The second-order valence-electron chi connectivity index (χ2n) is 6.33. The van der Waals surface area contributed by atoms with E-state index in [-0.39, 0.29) is 22.9 Å². The summed E-state index contributed by atoms with van der Waals surface area (Å²) >= 11 is 0. The Labute approximate surface area is 118 Å². The molecule has 6 nitrogen and oxygen atoms in total. The minimum Gasteiger partial charge on any atom is -0.265 e. The molecule has 1 aromatic rings. The van der Waals surface area contributed by atoms with Gasteiger partial charge >= 0.3 is 0 Å². The van der Waals surface area contributed by atoms with Crippen molar-refractivity contribution in [2.75, 3.05) is 13.1 Å². The van der Waals surface area contributed by atoms with Gasteiger partial charge in [-0.1, -0.05) is 24.3 Å². The highest BCUT2D eigenvalue weighted by Gasteiger charge is 2.31. The third-order valence-corrected chi connectivity index (χ3v) is 3.47. The predicted octanol–water partition coefficient (Wildman–Crippen LogP) is 2.80. The van der Waals surface area contributed by atoms with Gasteiger partial charge in [-0.05, 0) is 38.8 Å². The molecule has 0 unspecified atom stereocenters. The van der Waals surface area contributed by atoms with Gasteiger partial charge in [0.2, 0.25) is 13.1 Å². The Morgan fingerprint density at radius 3 is 1.55 bits per heavy atom. The van der Waals surface area contributed by atoms with Gasteiger partial charge in [0, 0.05) is 9.85 Å². The Morgan fingerprint density at radius 1 is 0.900 bits per heavy atom. The fourth-order valence-corrected chi connectivity index (χ4v) is 2.19. The lowest BCUT2D eigenvalue weighted by Crippen LogP contribution is -2.30. The summed E-state index contributed by atoms with van der Waals surface area (Å²) in [5.74, 6) is 0. The zero-order chi connectivity index (χ0) is 15.6. The van der Waals surface area contributed by atoms with Gasteiger partial charge in [0.25, 0.3) is 0 Å². The average Bonchev–Trinajstić information content (AvgIpc) is 2.25. The van der Waals surface area contributed by atoms with Gasteiger partial charge in [-0.25, -0.2) is 0 Å². The third kappa shape index (κ3) is 4.01. The van der Waals surface area contributed by atoms with Crippen LogP contribution in [0.15, 0.2) is 24.3 Å². The first-order valence-electron chi connectivity index (χ1n) is 6.39. The zero-order valence-corrected chi connectivity index (χ0v) is 12.3. The lowest BCUT2D eigenvalue weighted by molar-refractivity contribution is -0.489. The van der Waals surface area contributed by atoms with Crippen molar-refractivity contribution in [2.45, 2.75) is 38.5 Å². The lowest BCUT2D eigenvalue weighted by Gasteiger charge is -2.25. The van der Waals surface area contributed by atoms with Crippen molar-refractivity contribution in [3.63, 3.8) is 0 Å². The molecule has 0 aliphatic carbocycles. The standard InChI is InChI=1S/C14H20N2O4/c1-13(2,9-15(17)18)11-6-5-7-12(8-11)14(3,4)10-16(19)20/h5-8H,9-10H2,1-4H3. The van der Waals surface area contributed by atoms with Crippen molar-refractivity contribution in [3.8, 4) is 0 Å². The fraction of sp³-hybridized carbons (Fsp3) is 0.571. The van der Waals surface area contributed by atoms with Crippen LogP contribution in [0.1, 0.15) is 38.8 Å². The second-order valence-corrected chi connectivity index (χ2v) is 6.33. The molecule has 0 N–H and O–H groups in total. The molecule has 0 aromatic heterocycles. The molecule has 1 rings (SSSR count). The van der Waals surface area contributed by atoms with Gasteiger partial charge in [-0.15, -0.1) is 0 Å². The van der Waals surface area contributed by atoms with Crippen LogP contribution >= 0.6 is 0 Å². The molecule has 0 atom stereocenters. The van der Waals surface area contributed by atoms with Crippen molar-refractivity contribution >= 4 is 0 Å². The molecule has 0 spiro atoms. The molecule has 0 radical (unpaired) electrons. The van der Waals surface area contributed by atoms with Crippen molar-refractivity contribution < 1.29 is 9.85 Å². The Morgan fingerprint density at radius 2 is 1.25 bits per heavy atom. The average molecular weight is 280 g/mol. The summed E-state index contributed by atoms with van der Waals surface area (Å²) in [5.41, 5.74) is 0.431. The quantitative estimate of drug-likeness (QED) is 0.592. The van der Waals surface area contributed by atoms with Gasteiger partial charge < -0.3 is 0 Å². The van der Waals surface area contributed by atoms with E-state index in [0.717, 1.165) is 11.1 Å². The van der Waals surface area contributed by atoms with E-state index in [1.165, 1.54) is 0 Å². The first-order valence-corrected chi connectivity index (χ1v) is 6.39. The smallest absolute Gasteiger partial charge is 0.212 e. The second kappa shape index (κ2) is 5.56. The number of nitrogens with zero attached hydrogens (tertiary/aromatic N) is 2. The minimum atomic E-state index is -0.607. The van der Waals surface area contributed by atoms with E-state index in [2.05, 4.69) is 0 Å². The Balaban J connectivity index is 3.13. The summed E-state index contributed by atoms with van der Waals surface area (Å²) < 4.78 is 0. The van der Waals surface area contributed by atoms with Crippen LogP contribution in [0.4, 0.5) is 0 Å². The van der Waals surface area contributed by atoms with Crippen LogP contribution in [0.2, 0.25) is 0 Å². The number of rotatable bonds is 6. The van der Waals surface area contributed by atoms with Crippen LogP contribution in [-0.2, 0) is 10.8 Å². The summed E-state index contributed by atoms with van der Waals surface area (Å²) in [6, 6.07) is 7.30. The molecular formula is C14H20N2O4. The predicted molar refractivity (Wildman–Crippen MR) is 76.2 cm³/mol. The van der Waals surface area contributed by atoms with Crippen molar-refractivity contribution in [1.82, 2.24) is 0 Å². The minimum absolute atomic E-state index is 0.174. The molecule has 0 amide bonds. The highest BCUT2D eigenvalue weighted by molar-refractivity contribution is 5.33. The molecule has 1 aromatic carbocycles. The van der Waals surface area contributed by atoms with Crippen LogP contribution in [-0.4, -0.2) is 22.9 Å². The monoisotopic (exact) mass is 280 g/mol. The van der Waals surface area contributed by atoms with E-state index in [0.29, 0.717) is 0 Å². The van der Waals surface area contributed by atoms with Gasteiger partial charge in [-0.3, -0.25) is 20.2 Å². The lowest BCUT2D eigenvalue weighted by atomic mass is 9.79. The normalized spacial score (nSPS) is 12.2. The highest BCUT2D eigenvalue weighted by atomic mass is 16.6. The third-order valence-electron chi connectivity index (χ3n) is 3.47. The molecule has 0 heterocycles. The molecule has 20 heavy (non-hydrogen) atoms. The largest absolute Gasteiger partial charge is 0.265 e. The van der Waals surface area contributed by atoms with E-state index in [1.54, 1.807) is 33.8 Å². The van der Waals surface area contributed by atoms with Crippen LogP contribution in [0.3, 0.4) is 0 Å². The summed E-state index contributed by atoms with van der Waals surface area (Å²) in [6.07, 6.45) is 0. The molecule has 0 bridgehead atoms. The zero-order valence-electron chi connectivity index (χ0n) is 12.3. The topological polar surface area (TPSA) is 86.3 Å². The molecule has 0 aliphatic heterocycles. The first kappa shape index (κ1) is 16.1. The van der Waals surface area contributed by atoms with Crippen molar-refractivity contribution in [1.29, 1.82) is 0 Å². The van der Waals surface area contributed by atoms with Gasteiger partial charge in [0.05, 0.1) is 10.8 Å². The van der Waals surface area contributed by atoms with E-state index in [1.807, 2.05) is 18.2 Å². The Hall–Kier alpha value is -1.98. The number of hydrogen-bond donors (Lipinski definition) is 0. The number of hydrogen-bond acceptors (Lipinski definition) is 4. The molecule has 110 valence electrons. The highest BCUT2D eigenvalue weighted by Crippen LogP contribution is 2.29. The SMILES string of the molecule is CC(C)(C[N+](=O)[O-])c1cccc(C(C)(C)C[N+](=O)[O-])c1. The Bertz CT molecular complexity index is 480. The first-order chi connectivity index (χ1) is 9.04. The van der Waals surface area contributed by atoms with E-state index < -0.39 is 10.8 Å². The Kier molecular flexibility index (Phi) is 4.47. The van der Waals surface area contributed by atoms with Crippen LogP contribution in [0.25, 0.3) is 0 Å². The van der Waals surface area contributed by atoms with Crippen molar-refractivity contribution in [2.24, 2.45) is 0 Å². The molecule has 0 aliphatic rings. The number of benzene rings is 1. The number of nitro groups is 2. The summed E-state index contributed by atoms with van der Waals surface area (Å²) in [5, 5.41) is 21.5. The molecule has 0 saturated carbocycles. The van der Waals surface area contributed by atoms with Gasteiger partial charge in [0.15, 0.2) is 0 Å². The van der Waals surface area contributed by atoms with Crippen molar-refractivity contribution in [3.05, 3.63) is 55.6 Å². The maximum Gasteiger partial charge on any atom is 0.212 e. The van der Waals surface area contributed by atoms with Crippen LogP contribution in [0, 0.1) is 20.2 Å².